The lowest BCUT2D eigenvalue weighted by Gasteiger charge is -2.49. The van der Waals surface area contributed by atoms with Gasteiger partial charge in [0.15, 0.2) is 0 Å². The predicted molar refractivity (Wildman–Crippen MR) is 94.8 cm³/mol. The lowest BCUT2D eigenvalue weighted by molar-refractivity contribution is 0.0311. The van der Waals surface area contributed by atoms with Crippen LogP contribution in [-0.4, -0.2) is 36.1 Å². The third-order valence-corrected chi connectivity index (χ3v) is 5.25. The normalized spacial score (nSPS) is 26.3. The molecule has 1 fully saturated rings. The van der Waals surface area contributed by atoms with E-state index >= 15 is 0 Å². The zero-order valence-electron chi connectivity index (χ0n) is 15.7. The number of rotatable bonds is 7. The van der Waals surface area contributed by atoms with Crippen molar-refractivity contribution >= 4 is 0 Å². The van der Waals surface area contributed by atoms with E-state index in [0.29, 0.717) is 17.5 Å². The Morgan fingerprint density at radius 1 is 1.10 bits per heavy atom. The van der Waals surface area contributed by atoms with Gasteiger partial charge in [-0.2, -0.15) is 0 Å². The maximum atomic E-state index is 3.81. The number of unbranched alkanes of at least 4 members (excludes halogenated alkanes) is 3. The highest BCUT2D eigenvalue weighted by atomic mass is 15.3. The Bertz CT molecular complexity index is 280. The van der Waals surface area contributed by atoms with Crippen LogP contribution in [0.2, 0.25) is 0 Å². The number of nitrogens with zero attached hydrogens (tertiary/aromatic N) is 1. The Kier molecular flexibility index (Phi) is 7.70. The van der Waals surface area contributed by atoms with Crippen molar-refractivity contribution in [1.29, 1.82) is 0 Å². The summed E-state index contributed by atoms with van der Waals surface area (Å²) in [4.78, 5) is 2.81. The van der Waals surface area contributed by atoms with Gasteiger partial charge in [0.05, 0.1) is 0 Å². The van der Waals surface area contributed by atoms with Crippen LogP contribution in [0.1, 0.15) is 80.6 Å². The van der Waals surface area contributed by atoms with E-state index in [-0.39, 0.29) is 0 Å². The molecule has 1 heterocycles. The first-order valence-corrected chi connectivity index (χ1v) is 9.26. The summed E-state index contributed by atoms with van der Waals surface area (Å²) in [5, 5.41) is 3.81. The number of hydrogen-bond acceptors (Lipinski definition) is 2. The van der Waals surface area contributed by atoms with Crippen molar-refractivity contribution < 1.29 is 0 Å². The van der Waals surface area contributed by atoms with Gasteiger partial charge < -0.3 is 5.32 Å². The van der Waals surface area contributed by atoms with Crippen molar-refractivity contribution in [3.05, 3.63) is 0 Å². The maximum Gasteiger partial charge on any atom is 0.0247 e. The summed E-state index contributed by atoms with van der Waals surface area (Å²) in [7, 11) is 0. The molecule has 0 saturated carbocycles. The van der Waals surface area contributed by atoms with E-state index in [1.54, 1.807) is 0 Å². The molecule has 0 aliphatic carbocycles. The van der Waals surface area contributed by atoms with Gasteiger partial charge in [0.2, 0.25) is 0 Å². The standard InChI is InChI=1S/C19H40N2/c1-8-9-10-11-12-16(4)21-14-18(19(5,6)7)20-13-17(21)15(2)3/h15-18,20H,8-14H2,1-7H3. The molecule has 0 aromatic heterocycles. The second kappa shape index (κ2) is 8.53. The van der Waals surface area contributed by atoms with Crippen LogP contribution in [-0.2, 0) is 0 Å². The molecule has 21 heavy (non-hydrogen) atoms. The molecule has 0 bridgehead atoms. The minimum atomic E-state index is 0.349. The summed E-state index contributed by atoms with van der Waals surface area (Å²) in [6.07, 6.45) is 6.89. The van der Waals surface area contributed by atoms with Crippen LogP contribution in [0, 0.1) is 11.3 Å². The largest absolute Gasteiger partial charge is 0.311 e. The van der Waals surface area contributed by atoms with E-state index in [9.17, 15) is 0 Å². The molecule has 3 atom stereocenters. The van der Waals surface area contributed by atoms with Gasteiger partial charge in [0.1, 0.15) is 0 Å². The van der Waals surface area contributed by atoms with Crippen molar-refractivity contribution in [1.82, 2.24) is 10.2 Å². The monoisotopic (exact) mass is 296 g/mol. The van der Waals surface area contributed by atoms with Gasteiger partial charge in [-0.15, -0.1) is 0 Å². The fraction of sp³-hybridized carbons (Fsp3) is 1.00. The Morgan fingerprint density at radius 3 is 2.29 bits per heavy atom. The van der Waals surface area contributed by atoms with Crippen LogP contribution in [0.5, 0.6) is 0 Å². The second-order valence-corrected chi connectivity index (χ2v) is 8.53. The maximum absolute atomic E-state index is 3.81. The van der Waals surface area contributed by atoms with Gasteiger partial charge in [-0.3, -0.25) is 4.90 Å². The molecule has 1 rings (SSSR count). The van der Waals surface area contributed by atoms with E-state index in [1.807, 2.05) is 0 Å². The van der Waals surface area contributed by atoms with Crippen LogP contribution in [0.4, 0.5) is 0 Å². The van der Waals surface area contributed by atoms with Gasteiger partial charge in [-0.25, -0.2) is 0 Å². The molecular weight excluding hydrogens is 256 g/mol. The summed E-state index contributed by atoms with van der Waals surface area (Å²) in [5.74, 6) is 0.733. The first-order valence-electron chi connectivity index (χ1n) is 9.26. The van der Waals surface area contributed by atoms with E-state index in [4.69, 9.17) is 0 Å². The fourth-order valence-corrected chi connectivity index (χ4v) is 3.53. The lowest BCUT2D eigenvalue weighted by atomic mass is 9.83. The predicted octanol–water partition coefficient (Wildman–Crippen LogP) is 4.69. The molecule has 2 nitrogen and oxygen atoms in total. The van der Waals surface area contributed by atoms with Gasteiger partial charge in [-0.1, -0.05) is 67.2 Å². The fourth-order valence-electron chi connectivity index (χ4n) is 3.53. The molecular formula is C19H40N2. The Morgan fingerprint density at radius 2 is 1.76 bits per heavy atom. The van der Waals surface area contributed by atoms with Crippen molar-refractivity contribution in [3.63, 3.8) is 0 Å². The zero-order valence-corrected chi connectivity index (χ0v) is 15.7. The van der Waals surface area contributed by atoms with Gasteiger partial charge in [-0.05, 0) is 24.7 Å². The van der Waals surface area contributed by atoms with E-state index in [0.717, 1.165) is 18.5 Å². The van der Waals surface area contributed by atoms with Crippen LogP contribution in [0.3, 0.4) is 0 Å². The van der Waals surface area contributed by atoms with Crippen molar-refractivity contribution in [2.75, 3.05) is 13.1 Å². The molecule has 1 saturated heterocycles. The van der Waals surface area contributed by atoms with Crippen LogP contribution in [0.25, 0.3) is 0 Å². The van der Waals surface area contributed by atoms with E-state index in [2.05, 4.69) is 58.7 Å². The molecule has 0 aromatic carbocycles. The van der Waals surface area contributed by atoms with Crippen molar-refractivity contribution in [3.8, 4) is 0 Å². The zero-order chi connectivity index (χ0) is 16.0. The second-order valence-electron chi connectivity index (χ2n) is 8.53. The smallest absolute Gasteiger partial charge is 0.0247 e. The molecule has 2 heteroatoms. The lowest BCUT2D eigenvalue weighted by Crippen LogP contribution is -2.63. The first-order chi connectivity index (χ1) is 9.77. The van der Waals surface area contributed by atoms with E-state index in [1.165, 1.54) is 38.6 Å². The number of piperazine rings is 1. The van der Waals surface area contributed by atoms with Crippen molar-refractivity contribution in [2.45, 2.75) is 98.7 Å². The average Bonchev–Trinajstić information content (AvgIpc) is 2.41. The first kappa shape index (κ1) is 19.0. The van der Waals surface area contributed by atoms with Crippen LogP contribution in [0.15, 0.2) is 0 Å². The summed E-state index contributed by atoms with van der Waals surface area (Å²) in [5.41, 5.74) is 0.349. The summed E-state index contributed by atoms with van der Waals surface area (Å²) >= 11 is 0. The van der Waals surface area contributed by atoms with Gasteiger partial charge in [0.25, 0.3) is 0 Å². The highest BCUT2D eigenvalue weighted by Gasteiger charge is 2.36. The number of nitrogens with one attached hydrogen (secondary N) is 1. The third-order valence-electron chi connectivity index (χ3n) is 5.25. The summed E-state index contributed by atoms with van der Waals surface area (Å²) in [6, 6.07) is 2.04. The molecule has 1 aliphatic heterocycles. The summed E-state index contributed by atoms with van der Waals surface area (Å²) < 4.78 is 0. The SMILES string of the molecule is CCCCCCC(C)N1CC(C(C)(C)C)NCC1C(C)C. The number of hydrogen-bond donors (Lipinski definition) is 1. The molecule has 3 unspecified atom stereocenters. The molecule has 1 N–H and O–H groups in total. The quantitative estimate of drug-likeness (QED) is 0.686. The topological polar surface area (TPSA) is 15.3 Å². The van der Waals surface area contributed by atoms with Crippen molar-refractivity contribution in [2.24, 2.45) is 11.3 Å². The summed E-state index contributed by atoms with van der Waals surface area (Å²) in [6.45, 7) is 19.0. The molecule has 0 radical (unpaired) electrons. The minimum absolute atomic E-state index is 0.349. The van der Waals surface area contributed by atoms with Gasteiger partial charge in [0, 0.05) is 31.2 Å². The highest BCUT2D eigenvalue weighted by molar-refractivity contribution is 4.94. The molecule has 0 amide bonds. The molecule has 126 valence electrons. The van der Waals surface area contributed by atoms with Crippen LogP contribution < -0.4 is 5.32 Å². The van der Waals surface area contributed by atoms with E-state index < -0.39 is 0 Å². The average molecular weight is 297 g/mol. The van der Waals surface area contributed by atoms with Gasteiger partial charge >= 0.3 is 0 Å². The minimum Gasteiger partial charge on any atom is -0.311 e. The Labute approximate surface area is 134 Å². The molecule has 1 aliphatic rings. The molecule has 0 spiro atoms. The molecule has 0 aromatic rings. The Balaban J connectivity index is 2.62. The van der Waals surface area contributed by atoms with Crippen LogP contribution >= 0.6 is 0 Å². The third kappa shape index (κ3) is 5.90. The Hall–Kier alpha value is -0.0800. The highest BCUT2D eigenvalue weighted by Crippen LogP contribution is 2.28.